The maximum absolute atomic E-state index is 12.9. The summed E-state index contributed by atoms with van der Waals surface area (Å²) in [5, 5.41) is 7.26. The molecule has 1 heterocycles. The molecule has 0 saturated heterocycles. The van der Waals surface area contributed by atoms with E-state index in [9.17, 15) is 9.18 Å². The zero-order valence-corrected chi connectivity index (χ0v) is 12.8. The van der Waals surface area contributed by atoms with Crippen LogP contribution in [0.3, 0.4) is 0 Å². The lowest BCUT2D eigenvalue weighted by atomic mass is 10.2. The van der Waals surface area contributed by atoms with Gasteiger partial charge in [0.25, 0.3) is 0 Å². The summed E-state index contributed by atoms with van der Waals surface area (Å²) in [7, 11) is 1.72. The Balaban J connectivity index is 0.00000116. The van der Waals surface area contributed by atoms with Crippen LogP contribution in [-0.4, -0.2) is 22.4 Å². The predicted molar refractivity (Wildman–Crippen MR) is 83.5 cm³/mol. The van der Waals surface area contributed by atoms with Crippen molar-refractivity contribution in [1.82, 2.24) is 9.78 Å². The molecule has 0 aliphatic carbocycles. The van der Waals surface area contributed by atoms with Crippen LogP contribution in [0.25, 0.3) is 0 Å². The van der Waals surface area contributed by atoms with E-state index in [1.54, 1.807) is 37.7 Å². The summed E-state index contributed by atoms with van der Waals surface area (Å²) in [5.41, 5.74) is 1.68. The van der Waals surface area contributed by atoms with E-state index in [-0.39, 0.29) is 11.5 Å². The number of halogens is 1. The zero-order chi connectivity index (χ0) is 16.7. The summed E-state index contributed by atoms with van der Waals surface area (Å²) in [5.74, 6) is -0.0862. The van der Waals surface area contributed by atoms with Crippen LogP contribution in [0.2, 0.25) is 0 Å². The lowest BCUT2D eigenvalue weighted by Crippen LogP contribution is -2.07. The molecule has 1 N–H and O–H groups in total. The molecular formula is C16H18FN3O2. The number of nitrogens with one attached hydrogen (secondary N) is 1. The van der Waals surface area contributed by atoms with Crippen LogP contribution in [0.5, 0.6) is 0 Å². The van der Waals surface area contributed by atoms with Crippen LogP contribution < -0.4 is 5.32 Å². The number of esters is 1. The second kappa shape index (κ2) is 7.84. The van der Waals surface area contributed by atoms with Crippen molar-refractivity contribution in [1.29, 1.82) is 0 Å². The predicted octanol–water partition coefficient (Wildman–Crippen LogP) is 3.04. The van der Waals surface area contributed by atoms with E-state index in [2.05, 4.69) is 23.3 Å². The summed E-state index contributed by atoms with van der Waals surface area (Å²) in [6.45, 7) is 3.83. The first-order valence-corrected chi connectivity index (χ1v) is 6.59. The van der Waals surface area contributed by atoms with Gasteiger partial charge in [-0.2, -0.15) is 5.10 Å². The average Bonchev–Trinajstić information content (AvgIpc) is 2.80. The van der Waals surface area contributed by atoms with Crippen LogP contribution in [0.1, 0.15) is 23.0 Å². The van der Waals surface area contributed by atoms with Crippen LogP contribution >= 0.6 is 0 Å². The Morgan fingerprint density at radius 2 is 1.95 bits per heavy atom. The number of carbonyl (C=O) groups excluding carboxylic acids is 1. The fourth-order valence-corrected chi connectivity index (χ4v) is 1.87. The molecule has 22 heavy (non-hydrogen) atoms. The Morgan fingerprint density at radius 1 is 1.36 bits per heavy atom. The molecule has 0 amide bonds. The molecule has 0 aliphatic rings. The number of anilines is 2. The molecule has 6 heteroatoms. The molecule has 1 aromatic heterocycles. The number of terminal acetylenes is 1. The smallest absolute Gasteiger partial charge is 0.359 e. The minimum Gasteiger partial charge on any atom is -0.461 e. The van der Waals surface area contributed by atoms with Crippen molar-refractivity contribution >= 4 is 17.5 Å². The molecule has 0 saturated carbocycles. The van der Waals surface area contributed by atoms with Crippen molar-refractivity contribution < 1.29 is 13.9 Å². The normalized spacial score (nSPS) is 9.55. The van der Waals surface area contributed by atoms with Crippen LogP contribution in [0.15, 0.2) is 24.3 Å². The maximum atomic E-state index is 12.9. The highest BCUT2D eigenvalue weighted by molar-refractivity contribution is 5.90. The standard InChI is InChI=1S/C14H16FN3O2.C2H2/c1-4-20-14(19)12-9(2)13(18(3)17-12)16-11-7-5-10(15)6-8-11;1-2/h5-8,16H,4H2,1-3H3;1-2H. The molecule has 0 spiro atoms. The Labute approximate surface area is 129 Å². The van der Waals surface area contributed by atoms with Crippen molar-refractivity contribution in [2.75, 3.05) is 11.9 Å². The molecule has 116 valence electrons. The second-order valence-electron chi connectivity index (χ2n) is 4.30. The number of carbonyl (C=O) groups is 1. The third-order valence-electron chi connectivity index (χ3n) is 2.86. The second-order valence-corrected chi connectivity index (χ2v) is 4.30. The van der Waals surface area contributed by atoms with Crippen LogP contribution in [-0.2, 0) is 11.8 Å². The Hall–Kier alpha value is -2.81. The van der Waals surface area contributed by atoms with Crippen molar-refractivity contribution in [2.45, 2.75) is 13.8 Å². The van der Waals surface area contributed by atoms with Gasteiger partial charge in [-0.05, 0) is 38.1 Å². The number of ether oxygens (including phenoxy) is 1. The molecular weight excluding hydrogens is 285 g/mol. The SMILES string of the molecule is C#C.CCOC(=O)c1nn(C)c(Nc2ccc(F)cc2)c1C. The highest BCUT2D eigenvalue weighted by Gasteiger charge is 2.19. The first-order chi connectivity index (χ1) is 10.5. The summed E-state index contributed by atoms with van der Waals surface area (Å²) in [6.07, 6.45) is 8.00. The molecule has 2 rings (SSSR count). The minimum absolute atomic E-state index is 0.277. The highest BCUT2D eigenvalue weighted by atomic mass is 19.1. The van der Waals surface area contributed by atoms with Crippen LogP contribution in [0, 0.1) is 25.6 Å². The molecule has 1 aromatic carbocycles. The van der Waals surface area contributed by atoms with E-state index in [4.69, 9.17) is 4.74 Å². The van der Waals surface area contributed by atoms with Gasteiger partial charge < -0.3 is 10.1 Å². The van der Waals surface area contributed by atoms with Gasteiger partial charge in [0.05, 0.1) is 6.61 Å². The van der Waals surface area contributed by atoms with Gasteiger partial charge in [-0.25, -0.2) is 9.18 Å². The molecule has 0 aliphatic heterocycles. The van der Waals surface area contributed by atoms with E-state index in [0.29, 0.717) is 23.7 Å². The lowest BCUT2D eigenvalue weighted by Gasteiger charge is -2.07. The fourth-order valence-electron chi connectivity index (χ4n) is 1.87. The monoisotopic (exact) mass is 303 g/mol. The Morgan fingerprint density at radius 3 is 2.50 bits per heavy atom. The largest absolute Gasteiger partial charge is 0.461 e. The van der Waals surface area contributed by atoms with Gasteiger partial charge in [0.1, 0.15) is 11.6 Å². The van der Waals surface area contributed by atoms with Gasteiger partial charge in [0.2, 0.25) is 0 Å². The van der Waals surface area contributed by atoms with Gasteiger partial charge in [-0.15, -0.1) is 12.8 Å². The van der Waals surface area contributed by atoms with Crippen molar-refractivity contribution in [3.63, 3.8) is 0 Å². The highest BCUT2D eigenvalue weighted by Crippen LogP contribution is 2.23. The summed E-state index contributed by atoms with van der Waals surface area (Å²) >= 11 is 0. The number of nitrogens with zero attached hydrogens (tertiary/aromatic N) is 2. The summed E-state index contributed by atoms with van der Waals surface area (Å²) in [6, 6.07) is 5.96. The molecule has 5 nitrogen and oxygen atoms in total. The van der Waals surface area contributed by atoms with E-state index in [1.165, 1.54) is 12.1 Å². The van der Waals surface area contributed by atoms with E-state index < -0.39 is 5.97 Å². The number of hydrogen-bond donors (Lipinski definition) is 1. The minimum atomic E-state index is -0.451. The van der Waals surface area contributed by atoms with Gasteiger partial charge in [0.15, 0.2) is 5.69 Å². The third kappa shape index (κ3) is 3.85. The quantitative estimate of drug-likeness (QED) is 0.697. The van der Waals surface area contributed by atoms with Gasteiger partial charge in [-0.3, -0.25) is 4.68 Å². The van der Waals surface area contributed by atoms with E-state index in [1.807, 2.05) is 0 Å². The van der Waals surface area contributed by atoms with Crippen LogP contribution in [0.4, 0.5) is 15.9 Å². The van der Waals surface area contributed by atoms with Gasteiger partial charge in [-0.1, -0.05) is 0 Å². The Bertz CT molecular complexity index is 660. The van der Waals surface area contributed by atoms with Crippen molar-refractivity contribution in [2.24, 2.45) is 7.05 Å². The topological polar surface area (TPSA) is 56.1 Å². The van der Waals surface area contributed by atoms with Gasteiger partial charge in [0, 0.05) is 18.3 Å². The first-order valence-electron chi connectivity index (χ1n) is 6.59. The maximum Gasteiger partial charge on any atom is 0.359 e. The van der Waals surface area contributed by atoms with Crippen molar-refractivity contribution in [3.8, 4) is 12.8 Å². The molecule has 0 unspecified atom stereocenters. The fraction of sp³-hybridized carbons (Fsp3) is 0.250. The molecule has 0 atom stereocenters. The first kappa shape index (κ1) is 17.2. The summed E-state index contributed by atoms with van der Waals surface area (Å²) in [4.78, 5) is 11.8. The number of rotatable bonds is 4. The number of benzene rings is 1. The summed E-state index contributed by atoms with van der Waals surface area (Å²) < 4.78 is 19.4. The third-order valence-corrected chi connectivity index (χ3v) is 2.86. The molecule has 0 bridgehead atoms. The van der Waals surface area contributed by atoms with Crippen molar-refractivity contribution in [3.05, 3.63) is 41.3 Å². The van der Waals surface area contributed by atoms with E-state index >= 15 is 0 Å². The lowest BCUT2D eigenvalue weighted by molar-refractivity contribution is 0.0517. The Kier molecular flexibility index (Phi) is 6.14. The zero-order valence-electron chi connectivity index (χ0n) is 12.8. The number of hydrogen-bond acceptors (Lipinski definition) is 4. The average molecular weight is 303 g/mol. The number of aromatic nitrogens is 2. The van der Waals surface area contributed by atoms with Gasteiger partial charge >= 0.3 is 5.97 Å². The van der Waals surface area contributed by atoms with E-state index in [0.717, 1.165) is 0 Å². The molecule has 0 radical (unpaired) electrons. The molecule has 0 fully saturated rings. The number of aryl methyl sites for hydroxylation is 1. The molecule has 2 aromatic rings.